The Kier molecular flexibility index (Phi) is 4.95. The number of hydrogen-bond acceptors (Lipinski definition) is 2. The fourth-order valence-corrected chi connectivity index (χ4v) is 1.33. The minimum absolute atomic E-state index is 0.0579. The van der Waals surface area contributed by atoms with Crippen molar-refractivity contribution < 1.29 is 9.53 Å². The Morgan fingerprint density at radius 2 is 1.50 bits per heavy atom. The fourth-order valence-electron chi connectivity index (χ4n) is 1.33. The number of ether oxygens (including phenoxy) is 1. The lowest BCUT2D eigenvalue weighted by molar-refractivity contribution is -0.139. The summed E-state index contributed by atoms with van der Waals surface area (Å²) in [4.78, 5) is 10.2. The van der Waals surface area contributed by atoms with Crippen LogP contribution in [0.4, 0.5) is 0 Å². The summed E-state index contributed by atoms with van der Waals surface area (Å²) in [7, 11) is 0. The van der Waals surface area contributed by atoms with Crippen LogP contribution in [-0.2, 0) is 9.53 Å². The molecule has 2 unspecified atom stereocenters. The fraction of sp³-hybridized carbons (Fsp3) is 0.900. The Bertz CT molecular complexity index is 130. The third-order valence-electron chi connectivity index (χ3n) is 2.44. The Labute approximate surface area is 75.3 Å². The number of carbonyl (C=O) groups excluding carboxylic acids is 1. The quantitative estimate of drug-likeness (QED) is 0.595. The summed E-state index contributed by atoms with van der Waals surface area (Å²) in [5.74, 6) is 1.38. The van der Waals surface area contributed by atoms with E-state index in [0.717, 1.165) is 0 Å². The SMILES string of the molecule is CC(C)C(C)C(OC=O)C(C)C. The molecule has 0 radical (unpaired) electrons. The Hall–Kier alpha value is -0.530. The van der Waals surface area contributed by atoms with Gasteiger partial charge in [0.05, 0.1) is 0 Å². The van der Waals surface area contributed by atoms with Crippen LogP contribution in [0.1, 0.15) is 34.6 Å². The first-order valence-electron chi connectivity index (χ1n) is 4.59. The van der Waals surface area contributed by atoms with Gasteiger partial charge in [-0.25, -0.2) is 0 Å². The van der Waals surface area contributed by atoms with Crippen molar-refractivity contribution in [1.29, 1.82) is 0 Å². The molecule has 0 N–H and O–H groups in total. The molecule has 0 saturated carbocycles. The Balaban J connectivity index is 4.18. The average Bonchev–Trinajstić information content (AvgIpc) is 1.98. The van der Waals surface area contributed by atoms with Gasteiger partial charge >= 0.3 is 0 Å². The highest BCUT2D eigenvalue weighted by Gasteiger charge is 2.24. The Morgan fingerprint density at radius 1 is 1.00 bits per heavy atom. The molecule has 12 heavy (non-hydrogen) atoms. The standard InChI is InChI=1S/C10H20O2/c1-7(2)9(5)10(8(3)4)12-6-11/h6-10H,1-5H3. The molecule has 0 aromatic carbocycles. The number of hydrogen-bond donors (Lipinski definition) is 0. The summed E-state index contributed by atoms with van der Waals surface area (Å²) in [5.41, 5.74) is 0. The Morgan fingerprint density at radius 3 is 1.75 bits per heavy atom. The first kappa shape index (κ1) is 11.5. The molecule has 0 amide bonds. The van der Waals surface area contributed by atoms with Crippen molar-refractivity contribution in [2.24, 2.45) is 17.8 Å². The van der Waals surface area contributed by atoms with Gasteiger partial charge in [0.25, 0.3) is 6.47 Å². The van der Waals surface area contributed by atoms with E-state index in [1.54, 1.807) is 0 Å². The molecule has 0 spiro atoms. The van der Waals surface area contributed by atoms with Gasteiger partial charge in [-0.15, -0.1) is 0 Å². The van der Waals surface area contributed by atoms with Crippen LogP contribution in [0, 0.1) is 17.8 Å². The lowest BCUT2D eigenvalue weighted by Crippen LogP contribution is -2.30. The van der Waals surface area contributed by atoms with E-state index in [1.807, 2.05) is 0 Å². The first-order chi connectivity index (χ1) is 5.50. The molecule has 72 valence electrons. The van der Waals surface area contributed by atoms with E-state index >= 15 is 0 Å². The molecule has 0 aliphatic rings. The summed E-state index contributed by atoms with van der Waals surface area (Å²) in [6.07, 6.45) is 0.0579. The van der Waals surface area contributed by atoms with Gasteiger partial charge in [-0.1, -0.05) is 34.6 Å². The van der Waals surface area contributed by atoms with E-state index in [9.17, 15) is 4.79 Å². The highest BCUT2D eigenvalue weighted by atomic mass is 16.5. The van der Waals surface area contributed by atoms with Crippen LogP contribution in [0.5, 0.6) is 0 Å². The molecular formula is C10H20O2. The van der Waals surface area contributed by atoms with Gasteiger partial charge in [0.2, 0.25) is 0 Å². The van der Waals surface area contributed by atoms with Gasteiger partial charge in [-0.2, -0.15) is 0 Å². The third-order valence-corrected chi connectivity index (χ3v) is 2.44. The van der Waals surface area contributed by atoms with E-state index < -0.39 is 0 Å². The maximum atomic E-state index is 10.2. The predicted molar refractivity (Wildman–Crippen MR) is 49.8 cm³/mol. The monoisotopic (exact) mass is 172 g/mol. The highest BCUT2D eigenvalue weighted by molar-refractivity contribution is 5.37. The third kappa shape index (κ3) is 3.24. The van der Waals surface area contributed by atoms with E-state index in [0.29, 0.717) is 24.2 Å². The minimum atomic E-state index is 0.0579. The number of rotatable bonds is 5. The molecule has 0 rings (SSSR count). The summed E-state index contributed by atoms with van der Waals surface area (Å²) in [6.45, 7) is 11.1. The molecule has 0 aromatic rings. The lowest BCUT2D eigenvalue weighted by atomic mass is 9.86. The first-order valence-corrected chi connectivity index (χ1v) is 4.59. The smallest absolute Gasteiger partial charge is 0.293 e. The molecule has 0 bridgehead atoms. The molecule has 2 nitrogen and oxygen atoms in total. The van der Waals surface area contributed by atoms with Gasteiger partial charge in [0.1, 0.15) is 6.10 Å². The summed E-state index contributed by atoms with van der Waals surface area (Å²) in [6, 6.07) is 0. The van der Waals surface area contributed by atoms with E-state index in [-0.39, 0.29) is 6.10 Å². The van der Waals surface area contributed by atoms with Crippen LogP contribution in [-0.4, -0.2) is 12.6 Å². The topological polar surface area (TPSA) is 26.3 Å². The van der Waals surface area contributed by atoms with Crippen molar-refractivity contribution in [3.63, 3.8) is 0 Å². The van der Waals surface area contributed by atoms with Gasteiger partial charge in [-0.05, 0) is 17.8 Å². The van der Waals surface area contributed by atoms with Crippen molar-refractivity contribution in [2.75, 3.05) is 0 Å². The maximum absolute atomic E-state index is 10.2. The van der Waals surface area contributed by atoms with Crippen LogP contribution < -0.4 is 0 Å². The van der Waals surface area contributed by atoms with Crippen LogP contribution in [0.15, 0.2) is 0 Å². The van der Waals surface area contributed by atoms with Crippen LogP contribution >= 0.6 is 0 Å². The van der Waals surface area contributed by atoms with Gasteiger partial charge < -0.3 is 4.74 Å². The molecule has 2 atom stereocenters. The zero-order valence-electron chi connectivity index (χ0n) is 8.70. The number of carbonyl (C=O) groups is 1. The van der Waals surface area contributed by atoms with E-state index in [4.69, 9.17) is 4.74 Å². The van der Waals surface area contributed by atoms with Crippen LogP contribution in [0.2, 0.25) is 0 Å². The van der Waals surface area contributed by atoms with Crippen LogP contribution in [0.3, 0.4) is 0 Å². The van der Waals surface area contributed by atoms with Crippen molar-refractivity contribution in [3.05, 3.63) is 0 Å². The van der Waals surface area contributed by atoms with E-state index in [1.165, 1.54) is 0 Å². The van der Waals surface area contributed by atoms with Crippen molar-refractivity contribution >= 4 is 6.47 Å². The second-order valence-corrected chi connectivity index (χ2v) is 4.04. The normalized spacial score (nSPS) is 16.2. The van der Waals surface area contributed by atoms with E-state index in [2.05, 4.69) is 34.6 Å². The summed E-state index contributed by atoms with van der Waals surface area (Å²) >= 11 is 0. The largest absolute Gasteiger partial charge is 0.464 e. The lowest BCUT2D eigenvalue weighted by Gasteiger charge is -2.28. The molecule has 0 aromatic heterocycles. The van der Waals surface area contributed by atoms with Gasteiger partial charge in [0, 0.05) is 0 Å². The van der Waals surface area contributed by atoms with Crippen molar-refractivity contribution in [2.45, 2.75) is 40.7 Å². The second kappa shape index (κ2) is 5.18. The molecule has 0 heterocycles. The molecule has 0 aliphatic heterocycles. The van der Waals surface area contributed by atoms with Crippen molar-refractivity contribution in [3.8, 4) is 0 Å². The van der Waals surface area contributed by atoms with Gasteiger partial charge in [-0.3, -0.25) is 4.79 Å². The molecule has 2 heteroatoms. The average molecular weight is 172 g/mol. The summed E-state index contributed by atoms with van der Waals surface area (Å²) in [5, 5.41) is 0. The zero-order valence-corrected chi connectivity index (χ0v) is 8.70. The van der Waals surface area contributed by atoms with Gasteiger partial charge in [0.15, 0.2) is 0 Å². The van der Waals surface area contributed by atoms with Crippen LogP contribution in [0.25, 0.3) is 0 Å². The molecular weight excluding hydrogens is 152 g/mol. The maximum Gasteiger partial charge on any atom is 0.293 e. The van der Waals surface area contributed by atoms with Crippen molar-refractivity contribution in [1.82, 2.24) is 0 Å². The highest BCUT2D eigenvalue weighted by Crippen LogP contribution is 2.22. The zero-order chi connectivity index (χ0) is 9.72. The minimum Gasteiger partial charge on any atom is -0.464 e. The molecule has 0 fully saturated rings. The summed E-state index contributed by atoms with van der Waals surface area (Å²) < 4.78 is 5.05. The molecule has 0 saturated heterocycles. The predicted octanol–water partition coefficient (Wildman–Crippen LogP) is 2.48. The molecule has 0 aliphatic carbocycles. The second-order valence-electron chi connectivity index (χ2n) is 4.04.